The van der Waals surface area contributed by atoms with Crippen LogP contribution in [0, 0.1) is 0 Å². The predicted octanol–water partition coefficient (Wildman–Crippen LogP) is 1.28. The standard InChI is InChI=1S/C12H16N2O3S/c13-11(18)3-1-2-4-14-12(17)8-5-9(15)7-10(16)6-8/h5-7,15-16H,1-4H2,(H2,13,18)(H,14,17). The van der Waals surface area contributed by atoms with E-state index in [1.165, 1.54) is 18.2 Å². The zero-order chi connectivity index (χ0) is 13.5. The summed E-state index contributed by atoms with van der Waals surface area (Å²) in [5, 5.41) is 21.2. The van der Waals surface area contributed by atoms with Gasteiger partial charge < -0.3 is 21.3 Å². The number of carbonyl (C=O) groups is 1. The summed E-state index contributed by atoms with van der Waals surface area (Å²) in [4.78, 5) is 12.1. The first-order chi connectivity index (χ1) is 8.49. The van der Waals surface area contributed by atoms with Crippen molar-refractivity contribution in [3.05, 3.63) is 23.8 Å². The van der Waals surface area contributed by atoms with Gasteiger partial charge in [0.25, 0.3) is 5.91 Å². The second-order valence-electron chi connectivity index (χ2n) is 3.92. The van der Waals surface area contributed by atoms with Gasteiger partial charge in [-0.1, -0.05) is 12.2 Å². The van der Waals surface area contributed by atoms with Crippen molar-refractivity contribution in [1.82, 2.24) is 5.32 Å². The molecule has 1 rings (SSSR count). The van der Waals surface area contributed by atoms with Crippen LogP contribution in [-0.2, 0) is 0 Å². The highest BCUT2D eigenvalue weighted by molar-refractivity contribution is 7.80. The third-order valence-electron chi connectivity index (χ3n) is 2.30. The molecule has 1 aromatic carbocycles. The van der Waals surface area contributed by atoms with Gasteiger partial charge >= 0.3 is 0 Å². The normalized spacial score (nSPS) is 10.0. The lowest BCUT2D eigenvalue weighted by molar-refractivity contribution is 0.0952. The first kappa shape index (κ1) is 14.2. The Hall–Kier alpha value is -1.82. The Balaban J connectivity index is 2.38. The van der Waals surface area contributed by atoms with Crippen molar-refractivity contribution in [3.8, 4) is 11.5 Å². The molecule has 0 saturated heterocycles. The zero-order valence-corrected chi connectivity index (χ0v) is 10.7. The smallest absolute Gasteiger partial charge is 0.251 e. The van der Waals surface area contributed by atoms with Crippen molar-refractivity contribution in [1.29, 1.82) is 0 Å². The van der Waals surface area contributed by atoms with E-state index in [4.69, 9.17) is 18.0 Å². The van der Waals surface area contributed by atoms with Crippen LogP contribution in [-0.4, -0.2) is 27.7 Å². The van der Waals surface area contributed by atoms with Crippen LogP contribution in [0.2, 0.25) is 0 Å². The molecule has 0 aromatic heterocycles. The van der Waals surface area contributed by atoms with E-state index >= 15 is 0 Å². The van der Waals surface area contributed by atoms with Crippen molar-refractivity contribution in [2.45, 2.75) is 19.3 Å². The monoisotopic (exact) mass is 268 g/mol. The van der Waals surface area contributed by atoms with Crippen molar-refractivity contribution < 1.29 is 15.0 Å². The quantitative estimate of drug-likeness (QED) is 0.460. The number of phenols is 2. The number of amides is 1. The van der Waals surface area contributed by atoms with Gasteiger partial charge in [-0.15, -0.1) is 0 Å². The van der Waals surface area contributed by atoms with Gasteiger partial charge in [0.1, 0.15) is 11.5 Å². The second-order valence-corrected chi connectivity index (χ2v) is 4.44. The van der Waals surface area contributed by atoms with Crippen LogP contribution in [0.15, 0.2) is 18.2 Å². The number of rotatable bonds is 6. The molecular formula is C12H16N2O3S. The number of hydrogen-bond acceptors (Lipinski definition) is 4. The summed E-state index contributed by atoms with van der Waals surface area (Å²) in [5.41, 5.74) is 5.57. The maximum absolute atomic E-state index is 11.7. The van der Waals surface area contributed by atoms with Gasteiger partial charge in [0.15, 0.2) is 0 Å². The fourth-order valence-electron chi connectivity index (χ4n) is 1.45. The second kappa shape index (κ2) is 6.80. The summed E-state index contributed by atoms with van der Waals surface area (Å²) in [6.45, 7) is 0.498. The molecule has 0 radical (unpaired) electrons. The average molecular weight is 268 g/mol. The Kier molecular flexibility index (Phi) is 5.38. The lowest BCUT2D eigenvalue weighted by Crippen LogP contribution is -2.24. The van der Waals surface area contributed by atoms with Crippen molar-refractivity contribution in [3.63, 3.8) is 0 Å². The van der Waals surface area contributed by atoms with E-state index in [2.05, 4.69) is 5.32 Å². The van der Waals surface area contributed by atoms with Gasteiger partial charge in [-0.2, -0.15) is 0 Å². The van der Waals surface area contributed by atoms with Crippen molar-refractivity contribution in [2.75, 3.05) is 6.54 Å². The third-order valence-corrected chi connectivity index (χ3v) is 2.50. The van der Waals surface area contributed by atoms with Crippen LogP contribution in [0.1, 0.15) is 29.6 Å². The zero-order valence-electron chi connectivity index (χ0n) is 9.85. The number of carbonyl (C=O) groups excluding carboxylic acids is 1. The highest BCUT2D eigenvalue weighted by Crippen LogP contribution is 2.20. The number of hydrogen-bond donors (Lipinski definition) is 4. The van der Waals surface area contributed by atoms with Gasteiger partial charge in [0.2, 0.25) is 0 Å². The Morgan fingerprint density at radius 2 is 1.83 bits per heavy atom. The van der Waals surface area contributed by atoms with E-state index in [0.717, 1.165) is 12.8 Å². The Bertz CT molecular complexity index is 429. The maximum atomic E-state index is 11.7. The summed E-state index contributed by atoms with van der Waals surface area (Å²) in [6.07, 6.45) is 2.26. The largest absolute Gasteiger partial charge is 0.508 e. The molecule has 5 N–H and O–H groups in total. The van der Waals surface area contributed by atoms with Crippen LogP contribution >= 0.6 is 12.2 Å². The number of benzene rings is 1. The Morgan fingerprint density at radius 3 is 2.39 bits per heavy atom. The molecule has 0 unspecified atom stereocenters. The van der Waals surface area contributed by atoms with E-state index in [1.807, 2.05) is 0 Å². The van der Waals surface area contributed by atoms with Crippen LogP contribution < -0.4 is 11.1 Å². The predicted molar refractivity (Wildman–Crippen MR) is 72.7 cm³/mol. The highest BCUT2D eigenvalue weighted by atomic mass is 32.1. The minimum Gasteiger partial charge on any atom is -0.508 e. The van der Waals surface area contributed by atoms with Crippen LogP contribution in [0.3, 0.4) is 0 Å². The summed E-state index contributed by atoms with van der Waals surface area (Å²) in [5.74, 6) is -0.626. The summed E-state index contributed by atoms with van der Waals surface area (Å²) >= 11 is 4.74. The number of phenolic OH excluding ortho intramolecular Hbond substituents is 2. The molecule has 0 aliphatic heterocycles. The number of nitrogens with one attached hydrogen (secondary N) is 1. The molecule has 6 heteroatoms. The molecule has 5 nitrogen and oxygen atoms in total. The summed E-state index contributed by atoms with van der Waals surface area (Å²) in [7, 11) is 0. The lowest BCUT2D eigenvalue weighted by Gasteiger charge is -2.06. The third kappa shape index (κ3) is 5.01. The molecule has 0 bridgehead atoms. The highest BCUT2D eigenvalue weighted by Gasteiger charge is 2.07. The topological polar surface area (TPSA) is 95.6 Å². The molecule has 0 fully saturated rings. The number of nitrogens with two attached hydrogens (primary N) is 1. The molecule has 0 aliphatic carbocycles. The lowest BCUT2D eigenvalue weighted by atomic mass is 10.2. The van der Waals surface area contributed by atoms with Gasteiger partial charge in [-0.25, -0.2) is 0 Å². The van der Waals surface area contributed by atoms with Gasteiger partial charge in [-0.05, 0) is 31.4 Å². The molecule has 98 valence electrons. The van der Waals surface area contributed by atoms with Crippen LogP contribution in [0.25, 0.3) is 0 Å². The van der Waals surface area contributed by atoms with E-state index in [1.54, 1.807) is 0 Å². The van der Waals surface area contributed by atoms with E-state index in [9.17, 15) is 15.0 Å². The summed E-state index contributed by atoms with van der Waals surface area (Å²) in [6, 6.07) is 3.76. The van der Waals surface area contributed by atoms with Gasteiger partial charge in [0, 0.05) is 18.2 Å². The molecule has 0 atom stereocenters. The number of aromatic hydroxyl groups is 2. The average Bonchev–Trinajstić information content (AvgIpc) is 2.26. The van der Waals surface area contributed by atoms with Crippen LogP contribution in [0.5, 0.6) is 11.5 Å². The molecule has 1 amide bonds. The van der Waals surface area contributed by atoms with Gasteiger partial charge in [-0.3, -0.25) is 4.79 Å². The maximum Gasteiger partial charge on any atom is 0.251 e. The van der Waals surface area contributed by atoms with Crippen molar-refractivity contribution >= 4 is 23.1 Å². The molecule has 0 heterocycles. The van der Waals surface area contributed by atoms with Crippen LogP contribution in [0.4, 0.5) is 0 Å². The van der Waals surface area contributed by atoms with E-state index in [0.29, 0.717) is 18.0 Å². The van der Waals surface area contributed by atoms with E-state index < -0.39 is 0 Å². The Labute approximate surface area is 111 Å². The molecular weight excluding hydrogens is 252 g/mol. The molecule has 0 saturated carbocycles. The van der Waals surface area contributed by atoms with Crippen molar-refractivity contribution in [2.24, 2.45) is 5.73 Å². The molecule has 0 spiro atoms. The SMILES string of the molecule is NC(=S)CCCCNC(=O)c1cc(O)cc(O)c1. The first-order valence-electron chi connectivity index (χ1n) is 5.58. The number of thiocarbonyl (C=S) groups is 1. The van der Waals surface area contributed by atoms with E-state index in [-0.39, 0.29) is 23.0 Å². The Morgan fingerprint density at radius 1 is 1.22 bits per heavy atom. The molecule has 0 aliphatic rings. The summed E-state index contributed by atoms with van der Waals surface area (Å²) < 4.78 is 0. The minimum atomic E-state index is -0.337. The first-order valence-corrected chi connectivity index (χ1v) is 5.99. The fraction of sp³-hybridized carbons (Fsp3) is 0.333. The molecule has 18 heavy (non-hydrogen) atoms. The minimum absolute atomic E-state index is 0.145. The molecule has 1 aromatic rings. The van der Waals surface area contributed by atoms with Gasteiger partial charge in [0.05, 0.1) is 4.99 Å². The number of unbranched alkanes of at least 4 members (excludes halogenated alkanes) is 1. The fourth-order valence-corrected chi connectivity index (χ4v) is 1.60.